The zero-order valence-electron chi connectivity index (χ0n) is 10.2. The summed E-state index contributed by atoms with van der Waals surface area (Å²) < 4.78 is 0.972. The predicted molar refractivity (Wildman–Crippen MR) is 79.2 cm³/mol. The molecule has 1 heterocycles. The third-order valence-electron chi connectivity index (χ3n) is 2.86. The molecule has 0 spiro atoms. The third kappa shape index (κ3) is 2.39. The van der Waals surface area contributed by atoms with Gasteiger partial charge in [-0.05, 0) is 25.1 Å². The van der Waals surface area contributed by atoms with Crippen molar-refractivity contribution < 1.29 is 4.79 Å². The molecule has 3 aromatic rings. The van der Waals surface area contributed by atoms with Crippen LogP contribution in [0, 0.1) is 6.92 Å². The summed E-state index contributed by atoms with van der Waals surface area (Å²) in [6.07, 6.45) is 0. The van der Waals surface area contributed by atoms with Crippen LogP contribution in [0.2, 0.25) is 5.02 Å². The highest BCUT2D eigenvalue weighted by Crippen LogP contribution is 2.26. The Bertz CT molecular complexity index is 761. The van der Waals surface area contributed by atoms with E-state index in [0.717, 1.165) is 15.8 Å². The lowest BCUT2D eigenvalue weighted by molar-refractivity contribution is 0.103. The van der Waals surface area contributed by atoms with Gasteiger partial charge in [0.05, 0.1) is 10.2 Å². The quantitative estimate of drug-likeness (QED) is 0.650. The molecule has 3 rings (SSSR count). The summed E-state index contributed by atoms with van der Waals surface area (Å²) in [5, 5.41) is 1.13. The van der Waals surface area contributed by atoms with E-state index in [9.17, 15) is 4.79 Å². The molecule has 0 amide bonds. The summed E-state index contributed by atoms with van der Waals surface area (Å²) in [7, 11) is 0. The Labute approximate surface area is 119 Å². The number of ketones is 1. The molecule has 0 aliphatic heterocycles. The van der Waals surface area contributed by atoms with Crippen LogP contribution in [0.4, 0.5) is 0 Å². The van der Waals surface area contributed by atoms with Gasteiger partial charge in [-0.1, -0.05) is 41.4 Å². The van der Waals surface area contributed by atoms with Crippen LogP contribution in [0.25, 0.3) is 10.2 Å². The van der Waals surface area contributed by atoms with Gasteiger partial charge < -0.3 is 0 Å². The maximum Gasteiger partial charge on any atom is 0.221 e. The molecule has 1 aromatic heterocycles. The standard InChI is InChI=1S/C15H10ClNOS/c1-9-2-4-10(5-3-9)14(18)15-17-12-8-11(16)6-7-13(12)19-15/h2-8H,1H3. The number of rotatable bonds is 2. The minimum Gasteiger partial charge on any atom is -0.286 e. The Morgan fingerprint density at radius 2 is 1.89 bits per heavy atom. The summed E-state index contributed by atoms with van der Waals surface area (Å²) in [4.78, 5) is 16.7. The monoisotopic (exact) mass is 287 g/mol. The van der Waals surface area contributed by atoms with E-state index in [0.29, 0.717) is 15.6 Å². The second-order valence-corrected chi connectivity index (χ2v) is 5.79. The molecule has 0 saturated heterocycles. The van der Waals surface area contributed by atoms with E-state index in [1.165, 1.54) is 11.3 Å². The molecule has 0 unspecified atom stereocenters. The molecular formula is C15H10ClNOS. The molecule has 0 N–H and O–H groups in total. The van der Waals surface area contributed by atoms with Crippen LogP contribution in [0.1, 0.15) is 20.9 Å². The van der Waals surface area contributed by atoms with Gasteiger partial charge in [0.15, 0.2) is 5.01 Å². The normalized spacial score (nSPS) is 10.8. The minimum atomic E-state index is -0.0441. The molecule has 2 aromatic carbocycles. The number of aryl methyl sites for hydroxylation is 1. The molecule has 0 saturated carbocycles. The molecule has 2 nitrogen and oxygen atoms in total. The van der Waals surface area contributed by atoms with Crippen molar-refractivity contribution in [2.24, 2.45) is 0 Å². The van der Waals surface area contributed by atoms with Crippen molar-refractivity contribution in [3.05, 3.63) is 63.6 Å². The van der Waals surface area contributed by atoms with Crippen molar-refractivity contribution in [2.45, 2.75) is 6.92 Å². The minimum absolute atomic E-state index is 0.0441. The van der Waals surface area contributed by atoms with Crippen molar-refractivity contribution in [2.75, 3.05) is 0 Å². The SMILES string of the molecule is Cc1ccc(C(=O)c2nc3cc(Cl)ccc3s2)cc1. The fourth-order valence-electron chi connectivity index (χ4n) is 1.83. The van der Waals surface area contributed by atoms with E-state index < -0.39 is 0 Å². The topological polar surface area (TPSA) is 30.0 Å². The predicted octanol–water partition coefficient (Wildman–Crippen LogP) is 4.49. The van der Waals surface area contributed by atoms with Crippen LogP contribution in [0.15, 0.2) is 42.5 Å². The molecule has 94 valence electrons. The molecule has 0 radical (unpaired) electrons. The first kappa shape index (κ1) is 12.3. The van der Waals surface area contributed by atoms with Crippen molar-refractivity contribution in [1.29, 1.82) is 0 Å². The Hall–Kier alpha value is -1.71. The molecule has 0 aliphatic carbocycles. The number of thiazole rings is 1. The molecule has 0 atom stereocenters. The van der Waals surface area contributed by atoms with Gasteiger partial charge in [-0.2, -0.15) is 0 Å². The lowest BCUT2D eigenvalue weighted by Crippen LogP contribution is -2.00. The number of carbonyl (C=O) groups excluding carboxylic acids is 1. The number of hydrogen-bond acceptors (Lipinski definition) is 3. The van der Waals surface area contributed by atoms with Crippen LogP contribution in [-0.2, 0) is 0 Å². The van der Waals surface area contributed by atoms with Crippen LogP contribution in [0.5, 0.6) is 0 Å². The van der Waals surface area contributed by atoms with Gasteiger partial charge in [-0.3, -0.25) is 4.79 Å². The van der Waals surface area contributed by atoms with E-state index in [2.05, 4.69) is 4.98 Å². The Balaban J connectivity index is 2.04. The number of nitrogens with zero attached hydrogens (tertiary/aromatic N) is 1. The van der Waals surface area contributed by atoms with Crippen LogP contribution >= 0.6 is 22.9 Å². The van der Waals surface area contributed by atoms with Gasteiger partial charge in [0, 0.05) is 10.6 Å². The summed E-state index contributed by atoms with van der Waals surface area (Å²) >= 11 is 7.32. The van der Waals surface area contributed by atoms with Gasteiger partial charge in [0.1, 0.15) is 0 Å². The largest absolute Gasteiger partial charge is 0.286 e. The number of fused-ring (bicyclic) bond motifs is 1. The van der Waals surface area contributed by atoms with Gasteiger partial charge in [0.2, 0.25) is 5.78 Å². The van der Waals surface area contributed by atoms with Gasteiger partial charge in [0.25, 0.3) is 0 Å². The summed E-state index contributed by atoms with van der Waals surface area (Å²) in [5.41, 5.74) is 2.57. The van der Waals surface area contributed by atoms with Crippen molar-refractivity contribution >= 4 is 38.9 Å². The smallest absolute Gasteiger partial charge is 0.221 e. The number of aromatic nitrogens is 1. The summed E-state index contributed by atoms with van der Waals surface area (Å²) in [6, 6.07) is 13.0. The van der Waals surface area contributed by atoms with E-state index >= 15 is 0 Å². The first-order valence-corrected chi connectivity index (χ1v) is 7.00. The van der Waals surface area contributed by atoms with Gasteiger partial charge in [-0.25, -0.2) is 4.98 Å². The Morgan fingerprint density at radius 3 is 2.63 bits per heavy atom. The Morgan fingerprint density at radius 1 is 1.16 bits per heavy atom. The van der Waals surface area contributed by atoms with Gasteiger partial charge >= 0.3 is 0 Å². The lowest BCUT2D eigenvalue weighted by atomic mass is 10.1. The lowest BCUT2D eigenvalue weighted by Gasteiger charge is -1.97. The van der Waals surface area contributed by atoms with E-state index in [1.54, 1.807) is 6.07 Å². The summed E-state index contributed by atoms with van der Waals surface area (Å²) in [6.45, 7) is 1.99. The van der Waals surface area contributed by atoms with Crippen LogP contribution < -0.4 is 0 Å². The Kier molecular flexibility index (Phi) is 3.09. The first-order chi connectivity index (χ1) is 9.13. The molecule has 19 heavy (non-hydrogen) atoms. The van der Waals surface area contributed by atoms with Crippen LogP contribution in [0.3, 0.4) is 0 Å². The number of hydrogen-bond donors (Lipinski definition) is 0. The zero-order valence-corrected chi connectivity index (χ0v) is 11.8. The fraction of sp³-hybridized carbons (Fsp3) is 0.0667. The number of benzene rings is 2. The third-order valence-corrected chi connectivity index (χ3v) is 4.13. The van der Waals surface area contributed by atoms with Crippen molar-refractivity contribution in [3.63, 3.8) is 0 Å². The average Bonchev–Trinajstić information content (AvgIpc) is 2.81. The number of carbonyl (C=O) groups is 1. The second-order valence-electron chi connectivity index (χ2n) is 4.33. The highest BCUT2D eigenvalue weighted by Gasteiger charge is 2.14. The zero-order chi connectivity index (χ0) is 13.4. The number of halogens is 1. The summed E-state index contributed by atoms with van der Waals surface area (Å²) in [5.74, 6) is -0.0441. The van der Waals surface area contributed by atoms with Crippen molar-refractivity contribution in [3.8, 4) is 0 Å². The van der Waals surface area contributed by atoms with E-state index in [-0.39, 0.29) is 5.78 Å². The maximum absolute atomic E-state index is 12.3. The molecule has 0 bridgehead atoms. The average molecular weight is 288 g/mol. The molecular weight excluding hydrogens is 278 g/mol. The fourth-order valence-corrected chi connectivity index (χ4v) is 2.90. The molecule has 4 heteroatoms. The van der Waals surface area contributed by atoms with Crippen LogP contribution in [-0.4, -0.2) is 10.8 Å². The highest BCUT2D eigenvalue weighted by atomic mass is 35.5. The second kappa shape index (κ2) is 4.76. The molecule has 0 fully saturated rings. The first-order valence-electron chi connectivity index (χ1n) is 5.81. The van der Waals surface area contributed by atoms with Crippen molar-refractivity contribution in [1.82, 2.24) is 4.98 Å². The van der Waals surface area contributed by atoms with Gasteiger partial charge in [-0.15, -0.1) is 11.3 Å². The molecule has 0 aliphatic rings. The maximum atomic E-state index is 12.3. The highest BCUT2D eigenvalue weighted by molar-refractivity contribution is 7.20. The van der Waals surface area contributed by atoms with E-state index in [4.69, 9.17) is 11.6 Å². The van der Waals surface area contributed by atoms with E-state index in [1.807, 2.05) is 43.3 Å².